The Kier molecular flexibility index (Phi) is 9.65. The third kappa shape index (κ3) is 7.24. The van der Waals surface area contributed by atoms with E-state index in [4.69, 9.17) is 0 Å². The van der Waals surface area contributed by atoms with E-state index in [-0.39, 0.29) is 35.9 Å². The van der Waals surface area contributed by atoms with E-state index in [0.29, 0.717) is 18.7 Å². The number of likely N-dealkylation sites (tertiary alicyclic amines) is 1. The number of hydrogen-bond donors (Lipinski definition) is 3. The largest absolute Gasteiger partial charge is 0.453 e. The first-order valence-corrected chi connectivity index (χ1v) is 15.8. The first kappa shape index (κ1) is 31.9. The Morgan fingerprint density at radius 1 is 0.822 bits per heavy atom. The van der Waals surface area contributed by atoms with Gasteiger partial charge in [-0.1, -0.05) is 57.2 Å². The molecule has 3 aromatic rings. The van der Waals surface area contributed by atoms with Crippen LogP contribution in [0, 0.1) is 0 Å². The quantitative estimate of drug-likeness (QED) is 0.273. The molecule has 2 aliphatic rings. The van der Waals surface area contributed by atoms with Crippen LogP contribution >= 0.6 is 0 Å². The molecular weight excluding hydrogens is 566 g/mol. The number of amides is 3. The zero-order valence-corrected chi connectivity index (χ0v) is 26.9. The van der Waals surface area contributed by atoms with Gasteiger partial charge >= 0.3 is 6.09 Å². The number of ether oxygens (including phenoxy) is 1. The number of benzene rings is 3. The van der Waals surface area contributed by atoms with Gasteiger partial charge in [0.25, 0.3) is 0 Å². The summed E-state index contributed by atoms with van der Waals surface area (Å²) in [6.07, 6.45) is 2.66. The predicted octanol–water partition coefficient (Wildman–Crippen LogP) is 6.39. The highest BCUT2D eigenvalue weighted by Gasteiger charge is 2.36. The normalized spacial score (nSPS) is 19.7. The molecule has 2 aliphatic heterocycles. The highest BCUT2D eigenvalue weighted by molar-refractivity contribution is 5.98. The molecule has 3 atom stereocenters. The highest BCUT2D eigenvalue weighted by Crippen LogP contribution is 2.47. The van der Waals surface area contributed by atoms with Crippen molar-refractivity contribution < 1.29 is 19.1 Å². The summed E-state index contributed by atoms with van der Waals surface area (Å²) < 4.78 is 4.54. The van der Waals surface area contributed by atoms with Crippen LogP contribution in [0.15, 0.2) is 72.8 Å². The number of carbonyl (C=O) groups is 3. The number of nitrogens with zero attached hydrogens (tertiary/aromatic N) is 2. The lowest BCUT2D eigenvalue weighted by Gasteiger charge is -2.34. The van der Waals surface area contributed by atoms with Crippen molar-refractivity contribution in [1.29, 1.82) is 0 Å². The molecule has 0 unspecified atom stereocenters. The summed E-state index contributed by atoms with van der Waals surface area (Å²) in [6, 6.07) is 25.6. The summed E-state index contributed by atoms with van der Waals surface area (Å²) in [4.78, 5) is 41.3. The molecule has 9 heteroatoms. The molecule has 0 spiro atoms. The third-order valence-electron chi connectivity index (χ3n) is 9.01. The van der Waals surface area contributed by atoms with Gasteiger partial charge in [-0.15, -0.1) is 0 Å². The molecule has 0 bridgehead atoms. The van der Waals surface area contributed by atoms with Gasteiger partial charge < -0.3 is 30.5 Å². The van der Waals surface area contributed by atoms with Gasteiger partial charge in [0.1, 0.15) is 12.6 Å². The standard InChI is InChI=1S/C36H45N5O4/c1-36(2,3)26-12-18-29(19-13-26)41-30(24-8-14-27(37-4)15-9-24)20-21-31(41)25-10-16-28(17-11-25)39-34(43)32-7-6-22-40(32)33(42)23-38-35(44)45-5/h8-19,30-32,37H,6-7,20-23H2,1-5H3,(H,38,44)(H,39,43)/t30-,31-,32-/m0/s1. The second kappa shape index (κ2) is 13.6. The smallest absolute Gasteiger partial charge is 0.407 e. The van der Waals surface area contributed by atoms with E-state index < -0.39 is 12.1 Å². The molecule has 9 nitrogen and oxygen atoms in total. The Bertz CT molecular complexity index is 1480. The van der Waals surface area contributed by atoms with Gasteiger partial charge in [0.2, 0.25) is 11.8 Å². The zero-order valence-electron chi connectivity index (χ0n) is 26.9. The molecule has 5 rings (SSSR count). The Hall–Kier alpha value is -4.53. The summed E-state index contributed by atoms with van der Waals surface area (Å²) >= 11 is 0. The van der Waals surface area contributed by atoms with E-state index in [1.807, 2.05) is 19.2 Å². The van der Waals surface area contributed by atoms with Crippen molar-refractivity contribution in [3.63, 3.8) is 0 Å². The van der Waals surface area contributed by atoms with E-state index in [0.717, 1.165) is 24.9 Å². The van der Waals surface area contributed by atoms with Crippen LogP contribution in [0.25, 0.3) is 0 Å². The fourth-order valence-corrected chi connectivity index (χ4v) is 6.50. The number of hydrogen-bond acceptors (Lipinski definition) is 6. The van der Waals surface area contributed by atoms with Gasteiger partial charge in [0.05, 0.1) is 19.2 Å². The van der Waals surface area contributed by atoms with Crippen molar-refractivity contribution in [2.45, 2.75) is 70.0 Å². The fourth-order valence-electron chi connectivity index (χ4n) is 6.50. The first-order chi connectivity index (χ1) is 21.6. The molecule has 3 amide bonds. The SMILES string of the molecule is CNc1ccc([C@@H]2CC[C@@H](c3ccc(NC(=O)[C@@H]4CCCN4C(=O)CNC(=O)OC)cc3)N2c2ccc(C(C)(C)C)cc2)cc1. The molecule has 238 valence electrons. The monoisotopic (exact) mass is 611 g/mol. The minimum absolute atomic E-state index is 0.0777. The van der Waals surface area contributed by atoms with Crippen LogP contribution < -0.4 is 20.9 Å². The molecule has 45 heavy (non-hydrogen) atoms. The maximum atomic E-state index is 13.2. The average Bonchev–Trinajstić information content (AvgIpc) is 3.72. The van der Waals surface area contributed by atoms with E-state index in [9.17, 15) is 14.4 Å². The summed E-state index contributed by atoms with van der Waals surface area (Å²) in [6.45, 7) is 6.97. The van der Waals surface area contributed by atoms with E-state index >= 15 is 0 Å². The van der Waals surface area contributed by atoms with Gasteiger partial charge in [-0.25, -0.2) is 4.79 Å². The minimum Gasteiger partial charge on any atom is -0.453 e. The van der Waals surface area contributed by atoms with Crippen molar-refractivity contribution in [3.05, 3.63) is 89.5 Å². The van der Waals surface area contributed by atoms with E-state index in [1.54, 1.807) is 0 Å². The van der Waals surface area contributed by atoms with Crippen LogP contribution in [-0.4, -0.2) is 56.1 Å². The lowest BCUT2D eigenvalue weighted by Crippen LogP contribution is -2.47. The molecule has 0 saturated carbocycles. The van der Waals surface area contributed by atoms with Crippen LogP contribution in [-0.2, 0) is 19.7 Å². The molecule has 2 saturated heterocycles. The van der Waals surface area contributed by atoms with Gasteiger partial charge in [-0.3, -0.25) is 9.59 Å². The molecule has 3 aromatic carbocycles. The van der Waals surface area contributed by atoms with Crippen LogP contribution in [0.5, 0.6) is 0 Å². The maximum Gasteiger partial charge on any atom is 0.407 e. The average molecular weight is 612 g/mol. The second-order valence-electron chi connectivity index (χ2n) is 12.9. The zero-order chi connectivity index (χ0) is 32.1. The number of methoxy groups -OCH3 is 1. The van der Waals surface area contributed by atoms with E-state index in [1.165, 1.54) is 34.4 Å². The van der Waals surface area contributed by atoms with Crippen molar-refractivity contribution in [3.8, 4) is 0 Å². The van der Waals surface area contributed by atoms with Crippen LogP contribution in [0.1, 0.15) is 75.2 Å². The third-order valence-corrected chi connectivity index (χ3v) is 9.01. The topological polar surface area (TPSA) is 103 Å². The van der Waals surface area contributed by atoms with Crippen LogP contribution in [0.4, 0.5) is 21.9 Å². The van der Waals surface area contributed by atoms with Gasteiger partial charge in [0, 0.05) is 30.7 Å². The molecule has 0 radical (unpaired) electrons. The number of anilines is 3. The number of carbonyl (C=O) groups excluding carboxylic acids is 3. The first-order valence-electron chi connectivity index (χ1n) is 15.8. The van der Waals surface area contributed by atoms with E-state index in [2.05, 4.69) is 107 Å². The minimum atomic E-state index is -0.676. The number of nitrogens with one attached hydrogen (secondary N) is 3. The Balaban J connectivity index is 1.33. The second-order valence-corrected chi connectivity index (χ2v) is 12.9. The summed E-state index contributed by atoms with van der Waals surface area (Å²) in [5.41, 5.74) is 6.84. The lowest BCUT2D eigenvalue weighted by molar-refractivity contribution is -0.135. The van der Waals surface area contributed by atoms with Gasteiger partial charge in [0.15, 0.2) is 0 Å². The summed E-state index contributed by atoms with van der Waals surface area (Å²) in [5, 5.41) is 8.63. The van der Waals surface area contributed by atoms with Crippen molar-refractivity contribution in [2.24, 2.45) is 0 Å². The number of alkyl carbamates (subject to hydrolysis) is 1. The molecular formula is C36H45N5O4. The lowest BCUT2D eigenvalue weighted by atomic mass is 9.87. The molecule has 3 N–H and O–H groups in total. The molecule has 2 heterocycles. The van der Waals surface area contributed by atoms with Crippen molar-refractivity contribution in [1.82, 2.24) is 10.2 Å². The molecule has 0 aliphatic carbocycles. The highest BCUT2D eigenvalue weighted by atomic mass is 16.5. The van der Waals surface area contributed by atoms with Crippen LogP contribution in [0.2, 0.25) is 0 Å². The van der Waals surface area contributed by atoms with Crippen molar-refractivity contribution in [2.75, 3.05) is 42.8 Å². The Morgan fingerprint density at radius 3 is 1.93 bits per heavy atom. The molecule has 2 fully saturated rings. The Labute approximate surface area is 266 Å². The number of rotatable bonds is 8. The fraction of sp³-hybridized carbons (Fsp3) is 0.417. The van der Waals surface area contributed by atoms with Gasteiger partial charge in [-0.05, 0) is 84.2 Å². The van der Waals surface area contributed by atoms with Gasteiger partial charge in [-0.2, -0.15) is 0 Å². The maximum absolute atomic E-state index is 13.2. The summed E-state index contributed by atoms with van der Waals surface area (Å²) in [5.74, 6) is -0.529. The Morgan fingerprint density at radius 2 is 1.40 bits per heavy atom. The van der Waals surface area contributed by atoms with Crippen LogP contribution in [0.3, 0.4) is 0 Å². The molecule has 0 aromatic heterocycles. The van der Waals surface area contributed by atoms with Crippen molar-refractivity contribution >= 4 is 35.0 Å². The summed E-state index contributed by atoms with van der Waals surface area (Å²) in [7, 11) is 3.18. The predicted molar refractivity (Wildman–Crippen MR) is 179 cm³/mol.